The number of nitrogens with two attached hydrogens (primary N) is 1. The van der Waals surface area contributed by atoms with Crippen LogP contribution in [-0.4, -0.2) is 5.11 Å². The molecule has 0 fully saturated rings. The highest BCUT2D eigenvalue weighted by atomic mass is 35.5. The first-order chi connectivity index (χ1) is 6.66. The van der Waals surface area contributed by atoms with Crippen LogP contribution in [0.1, 0.15) is 24.4 Å². The minimum Gasteiger partial charge on any atom is -0.506 e. The summed E-state index contributed by atoms with van der Waals surface area (Å²) in [5.74, 6) is 0.0886. The summed E-state index contributed by atoms with van der Waals surface area (Å²) in [4.78, 5) is 0. The van der Waals surface area contributed by atoms with E-state index in [-0.39, 0.29) is 11.8 Å². The lowest BCUT2D eigenvalue weighted by atomic mass is 10.0. The Balaban J connectivity index is 2.83. The molecule has 1 aromatic carbocycles. The molecule has 0 radical (unpaired) electrons. The molecule has 1 atom stereocenters. The number of phenols is 1. The molecule has 0 aliphatic heterocycles. The van der Waals surface area contributed by atoms with Crippen LogP contribution >= 0.6 is 11.6 Å². The Morgan fingerprint density at radius 1 is 1.57 bits per heavy atom. The van der Waals surface area contributed by atoms with Crippen molar-refractivity contribution in [3.63, 3.8) is 0 Å². The van der Waals surface area contributed by atoms with Crippen molar-refractivity contribution in [3.05, 3.63) is 41.4 Å². The zero-order valence-corrected chi connectivity index (χ0v) is 8.67. The maximum absolute atomic E-state index is 9.63. The van der Waals surface area contributed by atoms with E-state index in [0.717, 1.165) is 12.8 Å². The van der Waals surface area contributed by atoms with E-state index in [2.05, 4.69) is 6.58 Å². The lowest BCUT2D eigenvalue weighted by Crippen LogP contribution is -2.09. The van der Waals surface area contributed by atoms with Gasteiger partial charge in [-0.05, 0) is 18.9 Å². The molecule has 76 valence electrons. The Hall–Kier alpha value is -0.990. The van der Waals surface area contributed by atoms with E-state index in [1.807, 2.05) is 0 Å². The van der Waals surface area contributed by atoms with E-state index in [9.17, 15) is 5.11 Å². The summed E-state index contributed by atoms with van der Waals surface area (Å²) >= 11 is 5.77. The monoisotopic (exact) mass is 211 g/mol. The summed E-state index contributed by atoms with van der Waals surface area (Å²) in [6.07, 6.45) is 3.39. The Bertz CT molecular complexity index is 325. The third kappa shape index (κ3) is 2.50. The molecule has 0 heterocycles. The molecule has 0 bridgehead atoms. The predicted molar refractivity (Wildman–Crippen MR) is 59.5 cm³/mol. The molecule has 0 aromatic heterocycles. The van der Waals surface area contributed by atoms with Crippen molar-refractivity contribution >= 4 is 11.6 Å². The fourth-order valence-corrected chi connectivity index (χ4v) is 1.47. The molecule has 0 unspecified atom stereocenters. The number of hydrogen-bond acceptors (Lipinski definition) is 2. The SMILES string of the molecule is C=CCC[C@H](N)c1cccc(Cl)c1O. The zero-order valence-electron chi connectivity index (χ0n) is 7.91. The predicted octanol–water partition coefficient (Wildman–Crippen LogP) is 3.01. The van der Waals surface area contributed by atoms with Crippen LogP contribution in [0.25, 0.3) is 0 Å². The quantitative estimate of drug-likeness (QED) is 0.753. The first-order valence-corrected chi connectivity index (χ1v) is 4.88. The Kier molecular flexibility index (Phi) is 3.98. The van der Waals surface area contributed by atoms with E-state index in [0.29, 0.717) is 10.6 Å². The van der Waals surface area contributed by atoms with Crippen LogP contribution in [0.5, 0.6) is 5.75 Å². The molecule has 2 nitrogen and oxygen atoms in total. The lowest BCUT2D eigenvalue weighted by molar-refractivity contribution is 0.459. The molecule has 0 amide bonds. The number of phenolic OH excluding ortho intramolecular Hbond substituents is 1. The summed E-state index contributed by atoms with van der Waals surface area (Å²) in [5, 5.41) is 9.97. The van der Waals surface area contributed by atoms with Gasteiger partial charge in [-0.3, -0.25) is 0 Å². The summed E-state index contributed by atoms with van der Waals surface area (Å²) in [5.41, 5.74) is 6.58. The van der Waals surface area contributed by atoms with E-state index < -0.39 is 0 Å². The molecule has 0 spiro atoms. The van der Waals surface area contributed by atoms with Crippen molar-refractivity contribution in [2.45, 2.75) is 18.9 Å². The van der Waals surface area contributed by atoms with Gasteiger partial charge >= 0.3 is 0 Å². The number of allylic oxidation sites excluding steroid dienone is 1. The number of para-hydroxylation sites is 1. The van der Waals surface area contributed by atoms with Gasteiger partial charge in [0.1, 0.15) is 5.75 Å². The van der Waals surface area contributed by atoms with Crippen LogP contribution < -0.4 is 5.73 Å². The van der Waals surface area contributed by atoms with Crippen molar-refractivity contribution < 1.29 is 5.11 Å². The first-order valence-electron chi connectivity index (χ1n) is 4.50. The minimum absolute atomic E-state index is 0.0886. The fraction of sp³-hybridized carbons (Fsp3) is 0.273. The standard InChI is InChI=1S/C11H14ClNO/c1-2-3-7-10(13)8-5-4-6-9(12)11(8)14/h2,4-6,10,14H,1,3,7,13H2/t10-/m0/s1. The average molecular weight is 212 g/mol. The number of benzene rings is 1. The highest BCUT2D eigenvalue weighted by molar-refractivity contribution is 6.32. The Labute approximate surface area is 89.0 Å². The summed E-state index contributed by atoms with van der Waals surface area (Å²) < 4.78 is 0. The molecule has 0 saturated heterocycles. The smallest absolute Gasteiger partial charge is 0.138 e. The highest BCUT2D eigenvalue weighted by Gasteiger charge is 2.11. The molecule has 0 saturated carbocycles. The van der Waals surface area contributed by atoms with Gasteiger partial charge in [-0.1, -0.05) is 29.8 Å². The lowest BCUT2D eigenvalue weighted by Gasteiger charge is -2.13. The van der Waals surface area contributed by atoms with Crippen LogP contribution in [0.4, 0.5) is 0 Å². The second kappa shape index (κ2) is 5.03. The second-order valence-electron chi connectivity index (χ2n) is 3.15. The summed E-state index contributed by atoms with van der Waals surface area (Å²) in [6, 6.07) is 5.02. The summed E-state index contributed by atoms with van der Waals surface area (Å²) in [7, 11) is 0. The van der Waals surface area contributed by atoms with Crippen molar-refractivity contribution in [2.24, 2.45) is 5.73 Å². The maximum atomic E-state index is 9.63. The van der Waals surface area contributed by atoms with Gasteiger partial charge in [-0.2, -0.15) is 0 Å². The van der Waals surface area contributed by atoms with E-state index in [1.54, 1.807) is 24.3 Å². The van der Waals surface area contributed by atoms with Gasteiger partial charge < -0.3 is 10.8 Å². The molecule has 3 heteroatoms. The molecule has 14 heavy (non-hydrogen) atoms. The molecular weight excluding hydrogens is 198 g/mol. The number of rotatable bonds is 4. The fourth-order valence-electron chi connectivity index (χ4n) is 1.28. The minimum atomic E-state index is -0.188. The van der Waals surface area contributed by atoms with Crippen LogP contribution in [-0.2, 0) is 0 Å². The third-order valence-electron chi connectivity index (χ3n) is 2.10. The van der Waals surface area contributed by atoms with Crippen LogP contribution in [0, 0.1) is 0 Å². The van der Waals surface area contributed by atoms with Crippen molar-refractivity contribution in [2.75, 3.05) is 0 Å². The number of hydrogen-bond donors (Lipinski definition) is 2. The molecule has 0 aliphatic rings. The van der Waals surface area contributed by atoms with Gasteiger partial charge in [-0.25, -0.2) is 0 Å². The van der Waals surface area contributed by atoms with Crippen LogP contribution in [0.3, 0.4) is 0 Å². The van der Waals surface area contributed by atoms with Gasteiger partial charge in [0.2, 0.25) is 0 Å². The molecule has 3 N–H and O–H groups in total. The number of halogens is 1. The topological polar surface area (TPSA) is 46.2 Å². The Morgan fingerprint density at radius 3 is 2.93 bits per heavy atom. The maximum Gasteiger partial charge on any atom is 0.138 e. The molecule has 0 aliphatic carbocycles. The zero-order chi connectivity index (χ0) is 10.6. The van der Waals surface area contributed by atoms with Gasteiger partial charge in [0.15, 0.2) is 0 Å². The largest absolute Gasteiger partial charge is 0.506 e. The van der Waals surface area contributed by atoms with E-state index in [4.69, 9.17) is 17.3 Å². The number of aromatic hydroxyl groups is 1. The highest BCUT2D eigenvalue weighted by Crippen LogP contribution is 2.31. The second-order valence-corrected chi connectivity index (χ2v) is 3.56. The van der Waals surface area contributed by atoms with Gasteiger partial charge in [0.05, 0.1) is 5.02 Å². The van der Waals surface area contributed by atoms with Crippen molar-refractivity contribution in [1.29, 1.82) is 0 Å². The van der Waals surface area contributed by atoms with Crippen molar-refractivity contribution in [3.8, 4) is 5.75 Å². The van der Waals surface area contributed by atoms with Crippen LogP contribution in [0.2, 0.25) is 5.02 Å². The molecule has 1 rings (SSSR count). The average Bonchev–Trinajstić information content (AvgIpc) is 2.18. The van der Waals surface area contributed by atoms with Crippen molar-refractivity contribution in [1.82, 2.24) is 0 Å². The van der Waals surface area contributed by atoms with Gasteiger partial charge in [0.25, 0.3) is 0 Å². The normalized spacial score (nSPS) is 12.4. The summed E-state index contributed by atoms with van der Waals surface area (Å²) in [6.45, 7) is 3.62. The first kappa shape index (κ1) is 11.1. The Morgan fingerprint density at radius 2 is 2.29 bits per heavy atom. The van der Waals surface area contributed by atoms with Crippen LogP contribution in [0.15, 0.2) is 30.9 Å². The molecule has 1 aromatic rings. The van der Waals surface area contributed by atoms with E-state index >= 15 is 0 Å². The van der Waals surface area contributed by atoms with E-state index in [1.165, 1.54) is 0 Å². The third-order valence-corrected chi connectivity index (χ3v) is 2.40. The van der Waals surface area contributed by atoms with Gasteiger partial charge in [-0.15, -0.1) is 6.58 Å². The van der Waals surface area contributed by atoms with Gasteiger partial charge in [0, 0.05) is 11.6 Å². The molecular formula is C11H14ClNO.